The van der Waals surface area contributed by atoms with Crippen LogP contribution < -0.4 is 5.73 Å². The molecule has 6 heteroatoms. The average Bonchev–Trinajstić information content (AvgIpc) is 2.64. The van der Waals surface area contributed by atoms with E-state index in [1.165, 1.54) is 4.68 Å². The van der Waals surface area contributed by atoms with E-state index < -0.39 is 5.97 Å². The van der Waals surface area contributed by atoms with Crippen LogP contribution in [0.2, 0.25) is 0 Å². The van der Waals surface area contributed by atoms with Crippen LogP contribution in [0.25, 0.3) is 5.69 Å². The molecule has 2 aromatic rings. The van der Waals surface area contributed by atoms with Crippen molar-refractivity contribution in [3.05, 3.63) is 35.2 Å². The third-order valence-corrected chi connectivity index (χ3v) is 2.42. The van der Waals surface area contributed by atoms with Crippen molar-refractivity contribution in [3.8, 4) is 5.69 Å². The van der Waals surface area contributed by atoms with Crippen LogP contribution in [0.3, 0.4) is 0 Å². The minimum atomic E-state index is -1.19. The molecule has 0 unspecified atom stereocenters. The molecule has 0 atom stereocenters. The molecule has 88 valence electrons. The first-order valence-corrected chi connectivity index (χ1v) is 5.02. The number of hydrogen-bond donors (Lipinski definition) is 2. The zero-order chi connectivity index (χ0) is 12.6. The highest BCUT2D eigenvalue weighted by Crippen LogP contribution is 2.17. The number of aryl methyl sites for hydroxylation is 2. The summed E-state index contributed by atoms with van der Waals surface area (Å²) in [6, 6.07) is 5.77. The van der Waals surface area contributed by atoms with Crippen molar-refractivity contribution in [1.29, 1.82) is 0 Å². The Hall–Kier alpha value is -2.37. The molecule has 0 aliphatic carbocycles. The molecule has 1 aromatic carbocycles. The van der Waals surface area contributed by atoms with Crippen LogP contribution in [0.5, 0.6) is 0 Å². The molecule has 0 spiro atoms. The Bertz CT molecular complexity index is 589. The fourth-order valence-electron chi connectivity index (χ4n) is 1.54. The van der Waals surface area contributed by atoms with Crippen LogP contribution in [-0.4, -0.2) is 25.8 Å². The van der Waals surface area contributed by atoms with Gasteiger partial charge >= 0.3 is 5.97 Å². The van der Waals surface area contributed by atoms with E-state index in [0.29, 0.717) is 0 Å². The van der Waals surface area contributed by atoms with Gasteiger partial charge in [0.25, 0.3) is 5.82 Å². The zero-order valence-corrected chi connectivity index (χ0v) is 9.51. The number of carboxylic acids is 1. The van der Waals surface area contributed by atoms with Gasteiger partial charge in [0.1, 0.15) is 0 Å². The normalized spacial score (nSPS) is 10.5. The summed E-state index contributed by atoms with van der Waals surface area (Å²) in [5, 5.41) is 12.7. The standard InChI is InChI=1S/C11H12N4O2/c1-6-3-4-7(2)8(5-6)15-11(12)13-9(14-15)10(16)17/h3-5H,1-2H3,(H,16,17)(H2,12,13,14). The van der Waals surface area contributed by atoms with Gasteiger partial charge in [-0.3, -0.25) is 0 Å². The Morgan fingerprint density at radius 3 is 2.71 bits per heavy atom. The van der Waals surface area contributed by atoms with Crippen LogP contribution in [0.1, 0.15) is 21.7 Å². The molecule has 0 bridgehead atoms. The second-order valence-corrected chi connectivity index (χ2v) is 3.80. The highest BCUT2D eigenvalue weighted by atomic mass is 16.4. The van der Waals surface area contributed by atoms with E-state index in [1.54, 1.807) is 0 Å². The summed E-state index contributed by atoms with van der Waals surface area (Å²) < 4.78 is 1.34. The van der Waals surface area contributed by atoms with E-state index >= 15 is 0 Å². The van der Waals surface area contributed by atoms with Crippen molar-refractivity contribution in [2.75, 3.05) is 5.73 Å². The lowest BCUT2D eigenvalue weighted by molar-refractivity contribution is 0.0683. The lowest BCUT2D eigenvalue weighted by Crippen LogP contribution is -2.05. The maximum atomic E-state index is 10.8. The number of benzene rings is 1. The molecule has 0 amide bonds. The van der Waals surface area contributed by atoms with Crippen LogP contribution >= 0.6 is 0 Å². The molecule has 0 aliphatic rings. The lowest BCUT2D eigenvalue weighted by atomic mass is 10.1. The number of carboxylic acid groups (broad SMARTS) is 1. The molecule has 6 nitrogen and oxygen atoms in total. The summed E-state index contributed by atoms with van der Waals surface area (Å²) in [7, 11) is 0. The smallest absolute Gasteiger partial charge is 0.375 e. The number of hydrogen-bond acceptors (Lipinski definition) is 4. The van der Waals surface area contributed by atoms with Gasteiger partial charge in [-0.15, -0.1) is 5.10 Å². The summed E-state index contributed by atoms with van der Waals surface area (Å²) in [5.41, 5.74) is 8.38. The molecular weight excluding hydrogens is 220 g/mol. The minimum Gasteiger partial charge on any atom is -0.475 e. The van der Waals surface area contributed by atoms with Crippen LogP contribution in [0.15, 0.2) is 18.2 Å². The summed E-state index contributed by atoms with van der Waals surface area (Å²) in [6.07, 6.45) is 0. The van der Waals surface area contributed by atoms with E-state index in [1.807, 2.05) is 32.0 Å². The molecule has 0 fully saturated rings. The third kappa shape index (κ3) is 1.96. The van der Waals surface area contributed by atoms with Crippen LogP contribution in [0.4, 0.5) is 5.95 Å². The summed E-state index contributed by atoms with van der Waals surface area (Å²) in [5.74, 6) is -1.43. The van der Waals surface area contributed by atoms with Gasteiger partial charge in [-0.1, -0.05) is 12.1 Å². The Balaban J connectivity index is 2.60. The monoisotopic (exact) mass is 232 g/mol. The number of anilines is 1. The first kappa shape index (κ1) is 11.1. The Labute approximate surface area is 97.7 Å². The van der Waals surface area contributed by atoms with E-state index in [0.717, 1.165) is 16.8 Å². The van der Waals surface area contributed by atoms with E-state index in [-0.39, 0.29) is 11.8 Å². The maximum absolute atomic E-state index is 10.8. The van der Waals surface area contributed by atoms with Gasteiger partial charge in [0.05, 0.1) is 5.69 Å². The number of rotatable bonds is 2. The van der Waals surface area contributed by atoms with Crippen molar-refractivity contribution in [2.24, 2.45) is 0 Å². The highest BCUT2D eigenvalue weighted by molar-refractivity contribution is 5.83. The number of carbonyl (C=O) groups is 1. The van der Waals surface area contributed by atoms with Crippen molar-refractivity contribution in [1.82, 2.24) is 14.8 Å². The number of aromatic nitrogens is 3. The van der Waals surface area contributed by atoms with Crippen molar-refractivity contribution >= 4 is 11.9 Å². The molecule has 0 saturated carbocycles. The van der Waals surface area contributed by atoms with Gasteiger partial charge in [0.2, 0.25) is 5.95 Å². The number of nitrogen functional groups attached to an aromatic ring is 1. The summed E-state index contributed by atoms with van der Waals surface area (Å²) >= 11 is 0. The van der Waals surface area contributed by atoms with Crippen LogP contribution in [0, 0.1) is 13.8 Å². The molecule has 3 N–H and O–H groups in total. The predicted octanol–water partition coefficient (Wildman–Crippen LogP) is 1.16. The summed E-state index contributed by atoms with van der Waals surface area (Å²) in [4.78, 5) is 14.4. The summed E-state index contributed by atoms with van der Waals surface area (Å²) in [6.45, 7) is 3.84. The fraction of sp³-hybridized carbons (Fsp3) is 0.182. The second-order valence-electron chi connectivity index (χ2n) is 3.80. The Kier molecular flexibility index (Phi) is 2.55. The lowest BCUT2D eigenvalue weighted by Gasteiger charge is -2.07. The van der Waals surface area contributed by atoms with Gasteiger partial charge in [0, 0.05) is 0 Å². The quantitative estimate of drug-likeness (QED) is 0.810. The largest absolute Gasteiger partial charge is 0.475 e. The second kappa shape index (κ2) is 3.89. The van der Waals surface area contributed by atoms with Gasteiger partial charge < -0.3 is 10.8 Å². The van der Waals surface area contributed by atoms with Gasteiger partial charge in [-0.05, 0) is 31.0 Å². The van der Waals surface area contributed by atoms with E-state index in [4.69, 9.17) is 10.8 Å². The van der Waals surface area contributed by atoms with Crippen molar-refractivity contribution < 1.29 is 9.90 Å². The first-order chi connectivity index (χ1) is 7.99. The molecule has 1 heterocycles. The zero-order valence-electron chi connectivity index (χ0n) is 9.51. The Morgan fingerprint density at radius 2 is 2.12 bits per heavy atom. The number of nitrogens with two attached hydrogens (primary N) is 1. The molecule has 17 heavy (non-hydrogen) atoms. The molecule has 2 rings (SSSR count). The maximum Gasteiger partial charge on any atom is 0.375 e. The predicted molar refractivity (Wildman–Crippen MR) is 62.2 cm³/mol. The van der Waals surface area contributed by atoms with E-state index in [9.17, 15) is 4.79 Å². The molecule has 0 radical (unpaired) electrons. The topological polar surface area (TPSA) is 94.0 Å². The Morgan fingerprint density at radius 1 is 1.41 bits per heavy atom. The van der Waals surface area contributed by atoms with Crippen molar-refractivity contribution in [2.45, 2.75) is 13.8 Å². The molecule has 0 aliphatic heterocycles. The third-order valence-electron chi connectivity index (χ3n) is 2.42. The van der Waals surface area contributed by atoms with Gasteiger partial charge in [-0.2, -0.15) is 9.67 Å². The average molecular weight is 232 g/mol. The molecule has 0 saturated heterocycles. The molecular formula is C11H12N4O2. The number of nitrogens with zero attached hydrogens (tertiary/aromatic N) is 3. The van der Waals surface area contributed by atoms with Gasteiger partial charge in [-0.25, -0.2) is 4.79 Å². The van der Waals surface area contributed by atoms with Crippen LogP contribution in [-0.2, 0) is 0 Å². The fourth-order valence-corrected chi connectivity index (χ4v) is 1.54. The SMILES string of the molecule is Cc1ccc(C)c(-n2nc(C(=O)O)nc2N)c1. The van der Waals surface area contributed by atoms with Gasteiger partial charge in [0.15, 0.2) is 0 Å². The van der Waals surface area contributed by atoms with Crippen molar-refractivity contribution in [3.63, 3.8) is 0 Å². The first-order valence-electron chi connectivity index (χ1n) is 5.02. The molecule has 1 aromatic heterocycles. The highest BCUT2D eigenvalue weighted by Gasteiger charge is 2.15. The minimum absolute atomic E-state index is 0.0658. The number of aromatic carboxylic acids is 1. The van der Waals surface area contributed by atoms with E-state index in [2.05, 4.69) is 10.1 Å².